The van der Waals surface area contributed by atoms with Crippen molar-refractivity contribution in [2.45, 2.75) is 25.3 Å². The van der Waals surface area contributed by atoms with E-state index in [1.165, 1.54) is 19.3 Å². The maximum Gasteiger partial charge on any atom is 0.157 e. The van der Waals surface area contributed by atoms with Gasteiger partial charge in [0.05, 0.1) is 6.20 Å². The molecule has 0 saturated carbocycles. The lowest BCUT2D eigenvalue weighted by atomic mass is 10.0. The van der Waals surface area contributed by atoms with Gasteiger partial charge in [0, 0.05) is 31.9 Å². The van der Waals surface area contributed by atoms with E-state index in [1.807, 2.05) is 18.3 Å². The van der Waals surface area contributed by atoms with Crippen LogP contribution in [0.2, 0.25) is 0 Å². The molecule has 1 aliphatic rings. The summed E-state index contributed by atoms with van der Waals surface area (Å²) in [5.74, 6) is 1.01. The fourth-order valence-electron chi connectivity index (χ4n) is 2.52. The van der Waals surface area contributed by atoms with Gasteiger partial charge in [0.1, 0.15) is 5.82 Å². The van der Waals surface area contributed by atoms with Crippen LogP contribution in [0.15, 0.2) is 24.5 Å². The molecule has 0 amide bonds. The smallest absolute Gasteiger partial charge is 0.157 e. The Morgan fingerprint density at radius 3 is 3.22 bits per heavy atom. The minimum absolute atomic E-state index is 0.590. The van der Waals surface area contributed by atoms with E-state index in [4.69, 9.17) is 0 Å². The fraction of sp³-hybridized carbons (Fsp3) is 0.538. The van der Waals surface area contributed by atoms with Crippen LogP contribution in [0.3, 0.4) is 0 Å². The Labute approximate surface area is 107 Å². The molecule has 1 N–H and O–H groups in total. The molecule has 0 aromatic carbocycles. The van der Waals surface area contributed by atoms with Crippen molar-refractivity contribution in [2.75, 3.05) is 25.0 Å². The minimum Gasteiger partial charge on any atom is -0.358 e. The van der Waals surface area contributed by atoms with Crippen LogP contribution in [0.25, 0.3) is 5.65 Å². The van der Waals surface area contributed by atoms with Crippen LogP contribution in [0.5, 0.6) is 0 Å². The zero-order valence-corrected chi connectivity index (χ0v) is 10.7. The second-order valence-corrected chi connectivity index (χ2v) is 4.95. The van der Waals surface area contributed by atoms with E-state index in [0.29, 0.717) is 6.04 Å². The van der Waals surface area contributed by atoms with Gasteiger partial charge in [-0.05, 0) is 25.5 Å². The predicted molar refractivity (Wildman–Crippen MR) is 71.9 cm³/mol. The van der Waals surface area contributed by atoms with E-state index < -0.39 is 0 Å². The van der Waals surface area contributed by atoms with Gasteiger partial charge in [0.2, 0.25) is 0 Å². The highest BCUT2D eigenvalue weighted by Gasteiger charge is 2.15. The third kappa shape index (κ3) is 2.31. The first-order valence-corrected chi connectivity index (χ1v) is 6.58. The maximum atomic E-state index is 4.60. The summed E-state index contributed by atoms with van der Waals surface area (Å²) in [6.07, 6.45) is 7.64. The lowest BCUT2D eigenvalue weighted by Gasteiger charge is -2.28. The Hall–Kier alpha value is -1.62. The molecule has 18 heavy (non-hydrogen) atoms. The summed E-state index contributed by atoms with van der Waals surface area (Å²) in [7, 11) is 2.10. The molecule has 2 aromatic rings. The number of hydrogen-bond acceptors (Lipinski definition) is 4. The average molecular weight is 245 g/mol. The summed E-state index contributed by atoms with van der Waals surface area (Å²) in [6.45, 7) is 2.16. The van der Waals surface area contributed by atoms with Crippen molar-refractivity contribution in [3.8, 4) is 0 Å². The van der Waals surface area contributed by atoms with E-state index >= 15 is 0 Å². The summed E-state index contributed by atoms with van der Waals surface area (Å²) in [6, 6.07) is 4.53. The number of piperidine rings is 1. The van der Waals surface area contributed by atoms with Gasteiger partial charge in [-0.1, -0.05) is 6.42 Å². The molecule has 3 rings (SSSR count). The topological polar surface area (TPSA) is 45.5 Å². The quantitative estimate of drug-likeness (QED) is 0.885. The third-order valence-electron chi connectivity index (χ3n) is 3.54. The molecule has 1 aliphatic heterocycles. The van der Waals surface area contributed by atoms with E-state index in [1.54, 1.807) is 10.7 Å². The highest BCUT2D eigenvalue weighted by molar-refractivity contribution is 5.46. The highest BCUT2D eigenvalue weighted by Crippen LogP contribution is 2.13. The van der Waals surface area contributed by atoms with E-state index in [9.17, 15) is 0 Å². The number of hydrogen-bond donors (Lipinski definition) is 1. The number of likely N-dealkylation sites (N-methyl/N-ethyl adjacent to an activating group) is 1. The van der Waals surface area contributed by atoms with E-state index in [2.05, 4.69) is 27.3 Å². The normalized spacial score (nSPS) is 20.2. The van der Waals surface area contributed by atoms with Gasteiger partial charge in [-0.15, -0.1) is 0 Å². The molecular weight excluding hydrogens is 226 g/mol. The average Bonchev–Trinajstić information content (AvgIpc) is 2.87. The molecule has 1 atom stereocenters. The first-order chi connectivity index (χ1) is 8.83. The third-order valence-corrected chi connectivity index (χ3v) is 3.54. The van der Waals surface area contributed by atoms with Crippen LogP contribution in [0.4, 0.5) is 5.82 Å². The SMILES string of the molecule is CN(CC1CCCCN1)c1ccn2nccc2n1. The summed E-state index contributed by atoms with van der Waals surface area (Å²) in [5, 5.41) is 7.72. The number of rotatable bonds is 3. The lowest BCUT2D eigenvalue weighted by Crippen LogP contribution is -2.42. The van der Waals surface area contributed by atoms with Gasteiger partial charge >= 0.3 is 0 Å². The summed E-state index contributed by atoms with van der Waals surface area (Å²) < 4.78 is 1.79. The maximum absolute atomic E-state index is 4.60. The molecule has 1 saturated heterocycles. The van der Waals surface area contributed by atoms with E-state index in [0.717, 1.165) is 24.6 Å². The molecule has 0 spiro atoms. The zero-order valence-electron chi connectivity index (χ0n) is 10.7. The summed E-state index contributed by atoms with van der Waals surface area (Å²) in [5.41, 5.74) is 0.899. The molecule has 0 aliphatic carbocycles. The van der Waals surface area contributed by atoms with Crippen molar-refractivity contribution < 1.29 is 0 Å². The highest BCUT2D eigenvalue weighted by atomic mass is 15.3. The van der Waals surface area contributed by atoms with Gasteiger partial charge in [-0.3, -0.25) is 0 Å². The molecule has 3 heterocycles. The first-order valence-electron chi connectivity index (χ1n) is 6.58. The molecule has 5 heteroatoms. The molecule has 0 radical (unpaired) electrons. The Morgan fingerprint density at radius 1 is 1.44 bits per heavy atom. The zero-order chi connectivity index (χ0) is 12.4. The molecule has 1 fully saturated rings. The monoisotopic (exact) mass is 245 g/mol. The van der Waals surface area contributed by atoms with Crippen molar-refractivity contribution in [3.63, 3.8) is 0 Å². The molecule has 96 valence electrons. The number of nitrogens with zero attached hydrogens (tertiary/aromatic N) is 4. The molecule has 1 unspecified atom stereocenters. The Bertz CT molecular complexity index is 515. The standard InChI is InChI=1S/C13H19N5/c1-17(10-11-4-2-3-7-14-11)12-6-9-18-13(16-12)5-8-15-18/h5-6,8-9,11,14H,2-4,7,10H2,1H3. The Balaban J connectivity index is 1.72. The van der Waals surface area contributed by atoms with Crippen LogP contribution >= 0.6 is 0 Å². The fourth-order valence-corrected chi connectivity index (χ4v) is 2.52. The Kier molecular flexibility index (Phi) is 3.15. The van der Waals surface area contributed by atoms with Crippen molar-refractivity contribution in [1.82, 2.24) is 19.9 Å². The van der Waals surface area contributed by atoms with Gasteiger partial charge in [-0.25, -0.2) is 9.50 Å². The van der Waals surface area contributed by atoms with Gasteiger partial charge in [0.15, 0.2) is 5.65 Å². The van der Waals surface area contributed by atoms with Crippen LogP contribution in [0, 0.1) is 0 Å². The van der Waals surface area contributed by atoms with Crippen molar-refractivity contribution >= 4 is 11.5 Å². The summed E-state index contributed by atoms with van der Waals surface area (Å²) in [4.78, 5) is 6.82. The van der Waals surface area contributed by atoms with Gasteiger partial charge in [-0.2, -0.15) is 5.10 Å². The molecule has 2 aromatic heterocycles. The van der Waals surface area contributed by atoms with Crippen molar-refractivity contribution in [2.24, 2.45) is 0 Å². The largest absolute Gasteiger partial charge is 0.358 e. The van der Waals surface area contributed by atoms with Crippen LogP contribution in [0.1, 0.15) is 19.3 Å². The number of nitrogens with one attached hydrogen (secondary N) is 1. The number of anilines is 1. The van der Waals surface area contributed by atoms with Crippen molar-refractivity contribution in [3.05, 3.63) is 24.5 Å². The second-order valence-electron chi connectivity index (χ2n) is 4.95. The molecular formula is C13H19N5. The lowest BCUT2D eigenvalue weighted by molar-refractivity contribution is 0.403. The first kappa shape index (κ1) is 11.5. The van der Waals surface area contributed by atoms with E-state index in [-0.39, 0.29) is 0 Å². The van der Waals surface area contributed by atoms with Crippen molar-refractivity contribution in [1.29, 1.82) is 0 Å². The van der Waals surface area contributed by atoms with Crippen LogP contribution in [-0.4, -0.2) is 40.8 Å². The van der Waals surface area contributed by atoms with Crippen LogP contribution in [-0.2, 0) is 0 Å². The number of aromatic nitrogens is 3. The van der Waals surface area contributed by atoms with Crippen LogP contribution < -0.4 is 10.2 Å². The number of fused-ring (bicyclic) bond motifs is 1. The molecule has 0 bridgehead atoms. The predicted octanol–water partition coefficient (Wildman–Crippen LogP) is 1.31. The molecule has 5 nitrogen and oxygen atoms in total. The van der Waals surface area contributed by atoms with Gasteiger partial charge in [0.25, 0.3) is 0 Å². The summed E-state index contributed by atoms with van der Waals surface area (Å²) >= 11 is 0. The second kappa shape index (κ2) is 4.94. The minimum atomic E-state index is 0.590. The Morgan fingerprint density at radius 2 is 2.39 bits per heavy atom. The van der Waals surface area contributed by atoms with Gasteiger partial charge < -0.3 is 10.2 Å².